The van der Waals surface area contributed by atoms with Gasteiger partial charge in [0.1, 0.15) is 0 Å². The zero-order valence-corrected chi connectivity index (χ0v) is 12.8. The molecule has 3 rings (SSSR count). The normalized spacial score (nSPS) is 13.8. The van der Waals surface area contributed by atoms with E-state index in [1.165, 1.54) is 17.0 Å². The molecule has 0 N–H and O–H groups in total. The maximum absolute atomic E-state index is 12.5. The summed E-state index contributed by atoms with van der Waals surface area (Å²) in [5.74, 6) is 0.0877. The van der Waals surface area contributed by atoms with Gasteiger partial charge in [0.05, 0.1) is 17.9 Å². The number of amides is 1. The van der Waals surface area contributed by atoms with Crippen molar-refractivity contribution in [2.45, 2.75) is 31.8 Å². The maximum Gasteiger partial charge on any atom is 0.269 e. The maximum atomic E-state index is 12.5. The first-order chi connectivity index (χ1) is 10.6. The van der Waals surface area contributed by atoms with E-state index >= 15 is 0 Å². The lowest BCUT2D eigenvalue weighted by Crippen LogP contribution is -2.33. The largest absolute Gasteiger partial charge is 0.334 e. The predicted octanol–water partition coefficient (Wildman–Crippen LogP) is 3.39. The van der Waals surface area contributed by atoms with Crippen molar-refractivity contribution in [2.24, 2.45) is 0 Å². The van der Waals surface area contributed by atoms with Gasteiger partial charge in [0.15, 0.2) is 0 Å². The van der Waals surface area contributed by atoms with Crippen LogP contribution in [0.5, 0.6) is 0 Å². The summed E-state index contributed by atoms with van der Waals surface area (Å²) in [6, 6.07) is 10.6. The van der Waals surface area contributed by atoms with Gasteiger partial charge < -0.3 is 4.90 Å². The fourth-order valence-corrected chi connectivity index (χ4v) is 3.09. The van der Waals surface area contributed by atoms with E-state index in [0.717, 1.165) is 18.4 Å². The molecule has 1 heterocycles. The van der Waals surface area contributed by atoms with E-state index in [1.54, 1.807) is 23.5 Å². The highest BCUT2D eigenvalue weighted by atomic mass is 32.1. The number of nitro benzene ring substituents is 1. The minimum Gasteiger partial charge on any atom is -0.334 e. The van der Waals surface area contributed by atoms with E-state index in [1.807, 2.05) is 22.4 Å². The summed E-state index contributed by atoms with van der Waals surface area (Å²) in [6.45, 7) is 0.661. The number of nitro groups is 1. The molecule has 5 nitrogen and oxygen atoms in total. The van der Waals surface area contributed by atoms with Gasteiger partial charge in [-0.15, -0.1) is 11.3 Å². The Kier molecular flexibility index (Phi) is 4.20. The van der Waals surface area contributed by atoms with E-state index in [2.05, 4.69) is 0 Å². The Morgan fingerprint density at radius 3 is 2.55 bits per heavy atom. The van der Waals surface area contributed by atoms with Gasteiger partial charge in [-0.05, 0) is 29.9 Å². The molecule has 1 aliphatic rings. The molecule has 0 radical (unpaired) electrons. The molecule has 1 amide bonds. The zero-order valence-electron chi connectivity index (χ0n) is 12.0. The summed E-state index contributed by atoms with van der Waals surface area (Å²) in [6.07, 6.45) is 2.43. The number of hydrogen-bond acceptors (Lipinski definition) is 4. The highest BCUT2D eigenvalue weighted by molar-refractivity contribution is 7.09. The van der Waals surface area contributed by atoms with Crippen molar-refractivity contribution in [3.8, 4) is 0 Å². The number of non-ortho nitro benzene ring substituents is 1. The van der Waals surface area contributed by atoms with Crippen LogP contribution < -0.4 is 0 Å². The zero-order chi connectivity index (χ0) is 15.5. The summed E-state index contributed by atoms with van der Waals surface area (Å²) >= 11 is 1.66. The second kappa shape index (κ2) is 6.27. The molecule has 1 aromatic heterocycles. The topological polar surface area (TPSA) is 63.4 Å². The van der Waals surface area contributed by atoms with Crippen molar-refractivity contribution in [3.05, 3.63) is 62.3 Å². The minimum absolute atomic E-state index is 0.0498. The van der Waals surface area contributed by atoms with E-state index in [0.29, 0.717) is 19.0 Å². The molecule has 114 valence electrons. The highest BCUT2D eigenvalue weighted by Crippen LogP contribution is 2.30. The lowest BCUT2D eigenvalue weighted by molar-refractivity contribution is -0.384. The lowest BCUT2D eigenvalue weighted by atomic mass is 10.1. The average Bonchev–Trinajstić information content (AvgIpc) is 3.21. The van der Waals surface area contributed by atoms with Crippen molar-refractivity contribution in [3.63, 3.8) is 0 Å². The number of carbonyl (C=O) groups excluding carboxylic acids is 1. The number of thiophene rings is 1. The molecule has 1 fully saturated rings. The van der Waals surface area contributed by atoms with Crippen molar-refractivity contribution < 1.29 is 9.72 Å². The molecule has 2 aromatic rings. The molecule has 0 aliphatic heterocycles. The van der Waals surface area contributed by atoms with Gasteiger partial charge in [0, 0.05) is 23.1 Å². The Hall–Kier alpha value is -2.21. The monoisotopic (exact) mass is 316 g/mol. The average molecular weight is 316 g/mol. The number of rotatable bonds is 6. The summed E-state index contributed by atoms with van der Waals surface area (Å²) in [7, 11) is 0. The number of nitrogens with zero attached hydrogens (tertiary/aromatic N) is 2. The van der Waals surface area contributed by atoms with Gasteiger partial charge in [0.25, 0.3) is 5.69 Å². The Morgan fingerprint density at radius 1 is 1.27 bits per heavy atom. The molecule has 1 aromatic carbocycles. The molecule has 0 spiro atoms. The summed E-state index contributed by atoms with van der Waals surface area (Å²) in [5.41, 5.74) is 0.862. The van der Waals surface area contributed by atoms with E-state index in [9.17, 15) is 14.9 Å². The third-order valence-corrected chi connectivity index (χ3v) is 4.58. The van der Waals surface area contributed by atoms with Gasteiger partial charge >= 0.3 is 0 Å². The second-order valence-electron chi connectivity index (χ2n) is 5.43. The van der Waals surface area contributed by atoms with Gasteiger partial charge in [-0.3, -0.25) is 14.9 Å². The third kappa shape index (κ3) is 3.51. The summed E-state index contributed by atoms with van der Waals surface area (Å²) in [5, 5.41) is 12.7. The van der Waals surface area contributed by atoms with E-state index in [-0.39, 0.29) is 11.6 Å². The van der Waals surface area contributed by atoms with Crippen molar-refractivity contribution in [1.82, 2.24) is 4.90 Å². The van der Waals surface area contributed by atoms with Crippen LogP contribution in [0.1, 0.15) is 23.3 Å². The van der Waals surface area contributed by atoms with Crippen LogP contribution in [0.25, 0.3) is 0 Å². The molecular formula is C16H16N2O3S. The molecule has 0 saturated heterocycles. The molecule has 1 saturated carbocycles. The van der Waals surface area contributed by atoms with Crippen LogP contribution in [0, 0.1) is 10.1 Å². The second-order valence-corrected chi connectivity index (χ2v) is 6.46. The summed E-state index contributed by atoms with van der Waals surface area (Å²) < 4.78 is 0. The van der Waals surface area contributed by atoms with Crippen molar-refractivity contribution in [2.75, 3.05) is 0 Å². The molecule has 0 unspecified atom stereocenters. The first-order valence-electron chi connectivity index (χ1n) is 7.18. The predicted molar refractivity (Wildman–Crippen MR) is 84.7 cm³/mol. The fraction of sp³-hybridized carbons (Fsp3) is 0.312. The Bertz CT molecular complexity index is 663. The third-order valence-electron chi connectivity index (χ3n) is 3.72. The smallest absolute Gasteiger partial charge is 0.269 e. The Morgan fingerprint density at radius 2 is 2.00 bits per heavy atom. The molecule has 22 heavy (non-hydrogen) atoms. The lowest BCUT2D eigenvalue weighted by Gasteiger charge is -2.22. The fourth-order valence-electron chi connectivity index (χ4n) is 2.39. The molecule has 0 bridgehead atoms. The van der Waals surface area contributed by atoms with Gasteiger partial charge in [-0.25, -0.2) is 0 Å². The quantitative estimate of drug-likeness (QED) is 0.606. The SMILES string of the molecule is O=C(Cc1ccc([N+](=O)[O-])cc1)N(Cc1cccs1)C1CC1. The van der Waals surface area contributed by atoms with Crippen LogP contribution in [0.15, 0.2) is 41.8 Å². The molecule has 0 atom stereocenters. The van der Waals surface area contributed by atoms with Crippen LogP contribution in [-0.2, 0) is 17.8 Å². The minimum atomic E-state index is -0.432. The summed E-state index contributed by atoms with van der Waals surface area (Å²) in [4.78, 5) is 25.9. The number of hydrogen-bond donors (Lipinski definition) is 0. The van der Waals surface area contributed by atoms with Crippen LogP contribution >= 0.6 is 11.3 Å². The number of benzene rings is 1. The standard InChI is InChI=1S/C16H16N2O3S/c19-16(10-12-3-5-14(6-4-12)18(20)21)17(13-7-8-13)11-15-2-1-9-22-15/h1-6,9,13H,7-8,10-11H2. The van der Waals surface area contributed by atoms with E-state index in [4.69, 9.17) is 0 Å². The van der Waals surface area contributed by atoms with Crippen LogP contribution in [0.2, 0.25) is 0 Å². The first-order valence-corrected chi connectivity index (χ1v) is 8.06. The number of carbonyl (C=O) groups is 1. The van der Waals surface area contributed by atoms with Crippen molar-refractivity contribution >= 4 is 22.9 Å². The van der Waals surface area contributed by atoms with Gasteiger partial charge in [0.2, 0.25) is 5.91 Å². The van der Waals surface area contributed by atoms with Gasteiger partial charge in [-0.2, -0.15) is 0 Å². The highest BCUT2D eigenvalue weighted by Gasteiger charge is 2.32. The van der Waals surface area contributed by atoms with E-state index < -0.39 is 4.92 Å². The molecular weight excluding hydrogens is 300 g/mol. The molecule has 1 aliphatic carbocycles. The van der Waals surface area contributed by atoms with Crippen LogP contribution in [0.3, 0.4) is 0 Å². The Labute approximate surface area is 132 Å². The van der Waals surface area contributed by atoms with Crippen molar-refractivity contribution in [1.29, 1.82) is 0 Å². The van der Waals surface area contributed by atoms with Crippen LogP contribution in [-0.4, -0.2) is 21.8 Å². The first kappa shape index (κ1) is 14.7. The Balaban J connectivity index is 1.67. The molecule has 6 heteroatoms. The van der Waals surface area contributed by atoms with Crippen LogP contribution in [0.4, 0.5) is 5.69 Å². The van der Waals surface area contributed by atoms with Gasteiger partial charge in [-0.1, -0.05) is 18.2 Å².